The van der Waals surface area contributed by atoms with Crippen LogP contribution < -0.4 is 22.1 Å². The zero-order valence-corrected chi connectivity index (χ0v) is 16.1. The number of phenols is 1. The van der Waals surface area contributed by atoms with E-state index in [0.717, 1.165) is 51.4 Å². The highest BCUT2D eigenvalue weighted by Gasteiger charge is 2.12. The summed E-state index contributed by atoms with van der Waals surface area (Å²) in [7, 11) is 0. The third-order valence-electron chi connectivity index (χ3n) is 4.28. The highest BCUT2D eigenvalue weighted by atomic mass is 16.3. The number of phenolic OH excluding ortho intramolecular Hbond substituents is 1. The van der Waals surface area contributed by atoms with Crippen LogP contribution in [0.2, 0.25) is 0 Å². The number of rotatable bonds is 14. The molecule has 0 radical (unpaired) electrons. The Morgan fingerprint density at radius 3 is 1.52 bits per heavy atom. The second-order valence-corrected chi connectivity index (χ2v) is 6.69. The van der Waals surface area contributed by atoms with Gasteiger partial charge in [-0.1, -0.05) is 25.7 Å². The zero-order chi connectivity index (χ0) is 19.9. The predicted octanol–water partition coefficient (Wildman–Crippen LogP) is 1.89. The summed E-state index contributed by atoms with van der Waals surface area (Å²) in [4.78, 5) is 24.5. The summed E-state index contributed by atoms with van der Waals surface area (Å²) in [5.41, 5.74) is 11.5. The van der Waals surface area contributed by atoms with E-state index in [2.05, 4.69) is 10.6 Å². The number of carbonyl (C=O) groups is 2. The van der Waals surface area contributed by atoms with Gasteiger partial charge in [-0.25, -0.2) is 0 Å². The number of benzene rings is 1. The molecule has 0 atom stereocenters. The quantitative estimate of drug-likeness (QED) is 0.316. The summed E-state index contributed by atoms with van der Waals surface area (Å²) < 4.78 is 0. The first kappa shape index (κ1) is 22.9. The molecular formula is C20H34N4O3. The average Bonchev–Trinajstić information content (AvgIpc) is 2.66. The molecule has 0 aromatic heterocycles. The van der Waals surface area contributed by atoms with Gasteiger partial charge in [-0.05, 0) is 57.0 Å². The summed E-state index contributed by atoms with van der Waals surface area (Å²) >= 11 is 0. The molecule has 2 amide bonds. The molecule has 7 heteroatoms. The van der Waals surface area contributed by atoms with E-state index in [9.17, 15) is 14.7 Å². The van der Waals surface area contributed by atoms with E-state index in [-0.39, 0.29) is 28.7 Å². The largest absolute Gasteiger partial charge is 0.508 e. The fraction of sp³-hybridized carbons (Fsp3) is 0.600. The maximum Gasteiger partial charge on any atom is 0.251 e. The molecular weight excluding hydrogens is 344 g/mol. The normalized spacial score (nSPS) is 10.6. The van der Waals surface area contributed by atoms with Gasteiger partial charge in [-0.15, -0.1) is 0 Å². The zero-order valence-electron chi connectivity index (χ0n) is 16.1. The molecule has 0 saturated carbocycles. The molecule has 0 bridgehead atoms. The molecule has 7 nitrogen and oxygen atoms in total. The monoisotopic (exact) mass is 378 g/mol. The topological polar surface area (TPSA) is 130 Å². The second kappa shape index (κ2) is 14.0. The minimum Gasteiger partial charge on any atom is -0.508 e. The van der Waals surface area contributed by atoms with Crippen molar-refractivity contribution in [3.05, 3.63) is 29.3 Å². The number of amides is 2. The molecule has 0 fully saturated rings. The molecule has 152 valence electrons. The van der Waals surface area contributed by atoms with Gasteiger partial charge in [0.25, 0.3) is 11.8 Å². The number of aromatic hydroxyl groups is 1. The van der Waals surface area contributed by atoms with Crippen LogP contribution in [-0.4, -0.2) is 43.1 Å². The van der Waals surface area contributed by atoms with Gasteiger partial charge in [0.2, 0.25) is 0 Å². The summed E-state index contributed by atoms with van der Waals surface area (Å²) in [6, 6.07) is 4.24. The second-order valence-electron chi connectivity index (χ2n) is 6.69. The van der Waals surface area contributed by atoms with Gasteiger partial charge in [0, 0.05) is 24.2 Å². The van der Waals surface area contributed by atoms with Crippen LogP contribution in [0, 0.1) is 0 Å². The number of nitrogens with two attached hydrogens (primary N) is 2. The highest BCUT2D eigenvalue weighted by Crippen LogP contribution is 2.16. The fourth-order valence-corrected chi connectivity index (χ4v) is 2.73. The van der Waals surface area contributed by atoms with Crippen LogP contribution in [0.4, 0.5) is 0 Å². The Hall–Kier alpha value is -2.12. The molecule has 0 aliphatic rings. The number of carbonyl (C=O) groups excluding carboxylic acids is 2. The lowest BCUT2D eigenvalue weighted by molar-refractivity contribution is 0.0952. The van der Waals surface area contributed by atoms with Crippen LogP contribution in [0.5, 0.6) is 5.75 Å². The van der Waals surface area contributed by atoms with Crippen LogP contribution in [0.3, 0.4) is 0 Å². The van der Waals surface area contributed by atoms with Crippen molar-refractivity contribution in [3.8, 4) is 5.75 Å². The molecule has 1 aromatic rings. The lowest BCUT2D eigenvalue weighted by Gasteiger charge is -2.09. The Morgan fingerprint density at radius 2 is 1.11 bits per heavy atom. The van der Waals surface area contributed by atoms with Crippen molar-refractivity contribution in [1.82, 2.24) is 10.6 Å². The van der Waals surface area contributed by atoms with Crippen molar-refractivity contribution in [3.63, 3.8) is 0 Å². The fourth-order valence-electron chi connectivity index (χ4n) is 2.73. The first-order valence-corrected chi connectivity index (χ1v) is 9.89. The molecule has 0 aliphatic heterocycles. The van der Waals surface area contributed by atoms with Crippen molar-refractivity contribution in [1.29, 1.82) is 0 Å². The molecule has 7 N–H and O–H groups in total. The molecule has 1 aromatic carbocycles. The SMILES string of the molecule is NCCCCCCNC(=O)c1cc(O)cc(C(=O)NCCCCCCN)c1. The van der Waals surface area contributed by atoms with Gasteiger partial charge in [-0.2, -0.15) is 0 Å². The summed E-state index contributed by atoms with van der Waals surface area (Å²) in [6.45, 7) is 2.50. The Morgan fingerprint density at radius 1 is 0.704 bits per heavy atom. The van der Waals surface area contributed by atoms with Crippen LogP contribution in [0.25, 0.3) is 0 Å². The number of hydrogen-bond acceptors (Lipinski definition) is 5. The maximum atomic E-state index is 12.2. The molecule has 0 heterocycles. The summed E-state index contributed by atoms with van der Waals surface area (Å²) in [5.74, 6) is -0.681. The molecule has 0 spiro atoms. The van der Waals surface area contributed by atoms with E-state index in [1.165, 1.54) is 18.2 Å². The number of unbranched alkanes of at least 4 members (excludes halogenated alkanes) is 6. The van der Waals surface area contributed by atoms with Crippen molar-refractivity contribution in [2.75, 3.05) is 26.2 Å². The van der Waals surface area contributed by atoms with E-state index < -0.39 is 0 Å². The Kier molecular flexibility index (Phi) is 11.9. The van der Waals surface area contributed by atoms with E-state index in [1.807, 2.05) is 0 Å². The number of nitrogens with one attached hydrogen (secondary N) is 2. The standard InChI is InChI=1S/C20H34N4O3/c21-9-5-1-3-7-11-23-19(26)16-13-17(15-18(25)14-16)20(27)24-12-8-4-2-6-10-22/h13-15,25H,1-12,21-22H2,(H,23,26)(H,24,27). The van der Waals surface area contributed by atoms with Gasteiger partial charge < -0.3 is 27.2 Å². The van der Waals surface area contributed by atoms with Crippen molar-refractivity contribution < 1.29 is 14.7 Å². The van der Waals surface area contributed by atoms with Gasteiger partial charge >= 0.3 is 0 Å². The van der Waals surface area contributed by atoms with Crippen molar-refractivity contribution >= 4 is 11.8 Å². The van der Waals surface area contributed by atoms with E-state index in [4.69, 9.17) is 11.5 Å². The molecule has 0 unspecified atom stereocenters. The van der Waals surface area contributed by atoms with Crippen LogP contribution >= 0.6 is 0 Å². The third-order valence-corrected chi connectivity index (χ3v) is 4.28. The van der Waals surface area contributed by atoms with E-state index >= 15 is 0 Å². The van der Waals surface area contributed by atoms with Gasteiger partial charge in [0.05, 0.1) is 0 Å². The lowest BCUT2D eigenvalue weighted by Crippen LogP contribution is -2.27. The summed E-state index contributed by atoms with van der Waals surface area (Å²) in [5, 5.41) is 15.5. The maximum absolute atomic E-state index is 12.2. The first-order valence-electron chi connectivity index (χ1n) is 9.89. The van der Waals surface area contributed by atoms with Crippen molar-refractivity contribution in [2.24, 2.45) is 11.5 Å². The summed E-state index contributed by atoms with van der Waals surface area (Å²) in [6.07, 6.45) is 7.86. The molecule has 0 saturated heterocycles. The molecule has 27 heavy (non-hydrogen) atoms. The minimum absolute atomic E-state index is 0.0984. The van der Waals surface area contributed by atoms with Crippen LogP contribution in [-0.2, 0) is 0 Å². The Labute approximate surface area is 161 Å². The lowest BCUT2D eigenvalue weighted by atomic mass is 10.1. The van der Waals surface area contributed by atoms with Gasteiger partial charge in [-0.3, -0.25) is 9.59 Å². The Bertz CT molecular complexity index is 532. The highest BCUT2D eigenvalue weighted by molar-refractivity contribution is 6.00. The van der Waals surface area contributed by atoms with Gasteiger partial charge in [0.1, 0.15) is 5.75 Å². The number of hydrogen-bond donors (Lipinski definition) is 5. The molecule has 1 rings (SSSR count). The first-order chi connectivity index (χ1) is 13.1. The average molecular weight is 379 g/mol. The third kappa shape index (κ3) is 9.96. The van der Waals surface area contributed by atoms with Crippen LogP contribution in [0.15, 0.2) is 18.2 Å². The molecule has 0 aliphatic carbocycles. The van der Waals surface area contributed by atoms with Crippen LogP contribution in [0.1, 0.15) is 72.1 Å². The van der Waals surface area contributed by atoms with E-state index in [1.54, 1.807) is 0 Å². The predicted molar refractivity (Wildman–Crippen MR) is 108 cm³/mol. The van der Waals surface area contributed by atoms with Gasteiger partial charge in [0.15, 0.2) is 0 Å². The minimum atomic E-state index is -0.291. The smallest absolute Gasteiger partial charge is 0.251 e. The van der Waals surface area contributed by atoms with E-state index in [0.29, 0.717) is 26.2 Å². The van der Waals surface area contributed by atoms with Crippen molar-refractivity contribution in [2.45, 2.75) is 51.4 Å². The Balaban J connectivity index is 2.45.